The molecule has 366 valence electrons. The molecule has 65 heavy (non-hydrogen) atoms. The average Bonchev–Trinajstić information content (AvgIpc) is 3.23. The van der Waals surface area contributed by atoms with Crippen molar-refractivity contribution in [3.63, 3.8) is 0 Å². The van der Waals surface area contributed by atoms with E-state index >= 15 is 0 Å². The highest BCUT2D eigenvalue weighted by molar-refractivity contribution is 5.99. The number of aliphatic carboxylic acids is 1. The number of rotatable bonds is 29. The lowest BCUT2D eigenvalue weighted by Crippen LogP contribution is -2.62. The van der Waals surface area contributed by atoms with Crippen molar-refractivity contribution < 1.29 is 53.4 Å². The number of nitrogens with two attached hydrogens (primary N) is 2. The molecule has 1 aromatic rings. The summed E-state index contributed by atoms with van der Waals surface area (Å²) in [5, 5.41) is 37.3. The Hall–Kier alpha value is -5.63. The summed E-state index contributed by atoms with van der Waals surface area (Å²) in [6.45, 7) is 16.9. The van der Waals surface area contributed by atoms with Gasteiger partial charge in [-0.2, -0.15) is 0 Å². The van der Waals surface area contributed by atoms with Gasteiger partial charge in [0.2, 0.25) is 47.3 Å². The van der Waals surface area contributed by atoms with Crippen LogP contribution in [-0.4, -0.2) is 118 Å². The van der Waals surface area contributed by atoms with Gasteiger partial charge < -0.3 is 58.9 Å². The molecule has 0 unspecified atom stereocenters. The second-order valence-corrected chi connectivity index (χ2v) is 18.0. The van der Waals surface area contributed by atoms with Gasteiger partial charge in [-0.3, -0.25) is 38.4 Å². The first-order valence-corrected chi connectivity index (χ1v) is 22.4. The van der Waals surface area contributed by atoms with Crippen LogP contribution in [0, 0.1) is 29.6 Å². The van der Waals surface area contributed by atoms with Crippen molar-refractivity contribution in [1.29, 1.82) is 0 Å². The summed E-state index contributed by atoms with van der Waals surface area (Å²) in [6, 6.07) is -1.79. The minimum absolute atomic E-state index is 0.0771. The van der Waals surface area contributed by atoms with Crippen LogP contribution in [0.3, 0.4) is 0 Å². The number of amides is 8. The number of carbonyl (C=O) groups is 9. The van der Waals surface area contributed by atoms with E-state index in [1.165, 1.54) is 0 Å². The zero-order chi connectivity index (χ0) is 49.7. The number of aliphatic hydroxyl groups is 1. The van der Waals surface area contributed by atoms with Gasteiger partial charge in [-0.05, 0) is 48.0 Å². The molecule has 0 bridgehead atoms. The maximum Gasteiger partial charge on any atom is 0.326 e. The van der Waals surface area contributed by atoms with Crippen molar-refractivity contribution in [3.05, 3.63) is 35.9 Å². The highest BCUT2D eigenvalue weighted by atomic mass is 16.4. The molecule has 0 saturated carbocycles. The van der Waals surface area contributed by atoms with Crippen molar-refractivity contribution in [2.75, 3.05) is 6.61 Å². The number of nitrogens with one attached hydrogen (secondary N) is 7. The number of carbonyl (C=O) groups excluding carboxylic acids is 8. The fraction of sp³-hybridized carbons (Fsp3) is 0.667. The van der Waals surface area contributed by atoms with Crippen LogP contribution in [-0.2, 0) is 49.6 Å². The minimum atomic E-state index is -1.63. The van der Waals surface area contributed by atoms with E-state index in [9.17, 15) is 53.4 Å². The minimum Gasteiger partial charge on any atom is -0.480 e. The summed E-state index contributed by atoms with van der Waals surface area (Å²) in [7, 11) is 0. The number of primary amides is 1. The first kappa shape index (κ1) is 57.4. The summed E-state index contributed by atoms with van der Waals surface area (Å²) in [4.78, 5) is 120. The van der Waals surface area contributed by atoms with E-state index in [1.54, 1.807) is 92.6 Å². The third kappa shape index (κ3) is 20.0. The maximum absolute atomic E-state index is 14.2. The standard InChI is InChI=1S/C45H75N9O11/c1-11-26(9)36(53-38(57)29(46)22-55)44(63)54-37(27(10)12-2)43(62)52-35(25(7)8)42(61)50-31(20-28-16-14-13-15-17-28)40(59)49-32(21-34(47)56)41(60)48-30(18-23(3)4)39(58)51-33(45(64)65)19-24(5)6/h13-17,23-27,29-33,35-37,55H,11-12,18-22,46H2,1-10H3,(H2,47,56)(H,48,60)(H,49,59)(H,50,61)(H,51,58)(H,52,62)(H,53,57)(H,54,63)(H,64,65)/t26-,27-,29-,30-,31-,32-,33-,35-,36-,37-/m0/s1. The van der Waals surface area contributed by atoms with Crippen molar-refractivity contribution in [1.82, 2.24) is 37.2 Å². The van der Waals surface area contributed by atoms with E-state index in [0.717, 1.165) is 0 Å². The van der Waals surface area contributed by atoms with Crippen LogP contribution in [0.25, 0.3) is 0 Å². The number of carboxylic acids is 1. The van der Waals surface area contributed by atoms with Crippen molar-refractivity contribution in [2.24, 2.45) is 41.1 Å². The largest absolute Gasteiger partial charge is 0.480 e. The monoisotopic (exact) mass is 918 g/mol. The summed E-state index contributed by atoms with van der Waals surface area (Å²) in [5.74, 6) is -9.49. The SMILES string of the molecule is CC[C@H](C)[C@H](NC(=O)[C@@H](NC(=O)[C@@H](N)CO)[C@@H](C)CC)C(=O)N[C@H](C(=O)N[C@@H](Cc1ccccc1)C(=O)N[C@@H](CC(N)=O)C(=O)N[C@@H](CC(C)C)C(=O)N[C@@H](CC(C)C)C(=O)O)C(C)C. The number of hydrogen-bond acceptors (Lipinski definition) is 11. The summed E-state index contributed by atoms with van der Waals surface area (Å²) >= 11 is 0. The van der Waals surface area contributed by atoms with E-state index in [1.807, 2.05) is 6.92 Å². The molecule has 1 aromatic carbocycles. The van der Waals surface area contributed by atoms with Gasteiger partial charge in [0.25, 0.3) is 0 Å². The molecule has 20 heteroatoms. The number of aliphatic hydroxyl groups excluding tert-OH is 1. The summed E-state index contributed by atoms with van der Waals surface area (Å²) < 4.78 is 0. The second-order valence-electron chi connectivity index (χ2n) is 18.0. The Morgan fingerprint density at radius 1 is 0.538 bits per heavy atom. The van der Waals surface area contributed by atoms with Gasteiger partial charge in [0, 0.05) is 6.42 Å². The molecule has 10 atom stereocenters. The molecule has 0 radical (unpaired) electrons. The van der Waals surface area contributed by atoms with E-state index in [-0.39, 0.29) is 31.1 Å². The normalized spacial score (nSPS) is 16.0. The topological polar surface area (TPSA) is 330 Å². The van der Waals surface area contributed by atoms with Gasteiger partial charge in [0.05, 0.1) is 13.0 Å². The van der Waals surface area contributed by atoms with Crippen molar-refractivity contribution in [2.45, 2.75) is 156 Å². The molecule has 8 amide bonds. The molecule has 0 heterocycles. The van der Waals surface area contributed by atoms with Crippen LogP contribution in [0.4, 0.5) is 0 Å². The molecule has 20 nitrogen and oxygen atoms in total. The van der Waals surface area contributed by atoms with E-state index in [0.29, 0.717) is 18.4 Å². The second kappa shape index (κ2) is 28.3. The molecule has 0 fully saturated rings. The lowest BCUT2D eigenvalue weighted by Gasteiger charge is -2.31. The molecule has 0 aliphatic rings. The molecule has 0 aliphatic heterocycles. The predicted octanol–water partition coefficient (Wildman–Crippen LogP) is -0.257. The smallest absolute Gasteiger partial charge is 0.326 e. The van der Waals surface area contributed by atoms with Crippen LogP contribution in [0.2, 0.25) is 0 Å². The third-order valence-electron chi connectivity index (χ3n) is 11.0. The summed E-state index contributed by atoms with van der Waals surface area (Å²) in [6.07, 6.45) is 0.285. The predicted molar refractivity (Wildman–Crippen MR) is 243 cm³/mol. The maximum atomic E-state index is 14.2. The molecular formula is C45H75N9O11. The quantitative estimate of drug-likeness (QED) is 0.0496. The average molecular weight is 918 g/mol. The highest BCUT2D eigenvalue weighted by Crippen LogP contribution is 2.15. The Bertz CT molecular complexity index is 1760. The molecule has 1 rings (SSSR count). The first-order chi connectivity index (χ1) is 30.4. The van der Waals surface area contributed by atoms with Crippen LogP contribution >= 0.6 is 0 Å². The van der Waals surface area contributed by atoms with Gasteiger partial charge in [0.15, 0.2) is 0 Å². The van der Waals surface area contributed by atoms with Gasteiger partial charge >= 0.3 is 5.97 Å². The molecule has 0 aliphatic carbocycles. The number of benzene rings is 1. The molecule has 0 spiro atoms. The van der Waals surface area contributed by atoms with Crippen LogP contribution in [0.15, 0.2) is 30.3 Å². The molecule has 0 saturated heterocycles. The Balaban J connectivity index is 3.51. The lowest BCUT2D eigenvalue weighted by atomic mass is 9.94. The van der Waals surface area contributed by atoms with Crippen LogP contribution in [0.5, 0.6) is 0 Å². The molecule has 13 N–H and O–H groups in total. The molecular weight excluding hydrogens is 843 g/mol. The third-order valence-corrected chi connectivity index (χ3v) is 11.0. The fourth-order valence-electron chi connectivity index (χ4n) is 6.71. The Labute approximate surface area is 382 Å². The van der Waals surface area contributed by atoms with Gasteiger partial charge in [-0.1, -0.05) is 112 Å². The zero-order valence-corrected chi connectivity index (χ0v) is 39.6. The number of carboxylic acid groups (broad SMARTS) is 1. The Kier molecular flexibility index (Phi) is 25.0. The van der Waals surface area contributed by atoms with Crippen LogP contribution < -0.4 is 48.7 Å². The highest BCUT2D eigenvalue weighted by Gasteiger charge is 2.37. The Morgan fingerprint density at radius 2 is 0.938 bits per heavy atom. The lowest BCUT2D eigenvalue weighted by molar-refractivity contribution is -0.143. The van der Waals surface area contributed by atoms with Crippen LogP contribution in [0.1, 0.15) is 107 Å². The van der Waals surface area contributed by atoms with Gasteiger partial charge in [0.1, 0.15) is 48.3 Å². The van der Waals surface area contributed by atoms with E-state index < -0.39 is 132 Å². The number of hydrogen-bond donors (Lipinski definition) is 11. The first-order valence-electron chi connectivity index (χ1n) is 22.4. The fourth-order valence-corrected chi connectivity index (χ4v) is 6.71. The van der Waals surface area contributed by atoms with E-state index in [2.05, 4.69) is 37.2 Å². The zero-order valence-electron chi connectivity index (χ0n) is 39.6. The molecule has 0 aromatic heterocycles. The van der Waals surface area contributed by atoms with Gasteiger partial charge in [-0.25, -0.2) is 4.79 Å². The van der Waals surface area contributed by atoms with Crippen molar-refractivity contribution in [3.8, 4) is 0 Å². The Morgan fingerprint density at radius 3 is 1.38 bits per heavy atom. The summed E-state index contributed by atoms with van der Waals surface area (Å²) in [5.41, 5.74) is 11.8. The van der Waals surface area contributed by atoms with Crippen molar-refractivity contribution >= 4 is 53.2 Å². The van der Waals surface area contributed by atoms with Gasteiger partial charge in [-0.15, -0.1) is 0 Å². The van der Waals surface area contributed by atoms with E-state index in [4.69, 9.17) is 11.5 Å².